The van der Waals surface area contributed by atoms with Gasteiger partial charge >= 0.3 is 0 Å². The van der Waals surface area contributed by atoms with Gasteiger partial charge in [0.15, 0.2) is 5.16 Å². The SMILES string of the molecule is Cn1c(SC[C@@H](O)COc2ccccc2)nc2ccccc21. The van der Waals surface area contributed by atoms with E-state index in [1.807, 2.05) is 66.2 Å². The number of aryl methyl sites for hydroxylation is 1. The molecule has 0 saturated heterocycles. The van der Waals surface area contributed by atoms with Crippen molar-refractivity contribution in [1.82, 2.24) is 9.55 Å². The molecule has 22 heavy (non-hydrogen) atoms. The number of fused-ring (bicyclic) bond motifs is 1. The molecule has 1 atom stereocenters. The summed E-state index contributed by atoms with van der Waals surface area (Å²) in [6.45, 7) is 0.279. The normalized spacial score (nSPS) is 12.5. The molecule has 0 fully saturated rings. The Bertz CT molecular complexity index is 743. The predicted octanol–water partition coefficient (Wildman–Crippen LogP) is 3.11. The summed E-state index contributed by atoms with van der Waals surface area (Å²) in [5, 5.41) is 11.0. The lowest BCUT2D eigenvalue weighted by Crippen LogP contribution is -2.20. The van der Waals surface area contributed by atoms with Gasteiger partial charge in [0.1, 0.15) is 12.4 Å². The van der Waals surface area contributed by atoms with Crippen LogP contribution in [0.5, 0.6) is 5.75 Å². The van der Waals surface area contributed by atoms with Crippen LogP contribution in [0.15, 0.2) is 59.8 Å². The number of aliphatic hydroxyl groups excluding tert-OH is 1. The van der Waals surface area contributed by atoms with Crippen LogP contribution in [0.25, 0.3) is 11.0 Å². The van der Waals surface area contributed by atoms with Gasteiger partial charge in [-0.25, -0.2) is 4.98 Å². The van der Waals surface area contributed by atoms with Crippen LogP contribution in [-0.4, -0.2) is 33.1 Å². The number of imidazole rings is 1. The molecule has 3 aromatic rings. The van der Waals surface area contributed by atoms with E-state index in [1.165, 1.54) is 11.8 Å². The van der Waals surface area contributed by atoms with Crippen molar-refractivity contribution in [2.24, 2.45) is 7.05 Å². The summed E-state index contributed by atoms with van der Waals surface area (Å²) in [6.07, 6.45) is -0.537. The van der Waals surface area contributed by atoms with E-state index < -0.39 is 6.10 Å². The maximum atomic E-state index is 10.1. The summed E-state index contributed by atoms with van der Waals surface area (Å²) >= 11 is 1.54. The molecule has 0 amide bonds. The van der Waals surface area contributed by atoms with E-state index in [9.17, 15) is 5.11 Å². The molecule has 0 aliphatic rings. The molecule has 0 bridgehead atoms. The van der Waals surface area contributed by atoms with Crippen LogP contribution < -0.4 is 4.74 Å². The molecular formula is C17H18N2O2S. The second-order valence-corrected chi connectivity index (χ2v) is 6.02. The Labute approximate surface area is 133 Å². The minimum absolute atomic E-state index is 0.279. The number of aliphatic hydroxyl groups is 1. The van der Waals surface area contributed by atoms with Gasteiger partial charge in [0.25, 0.3) is 0 Å². The van der Waals surface area contributed by atoms with Crippen molar-refractivity contribution in [2.45, 2.75) is 11.3 Å². The lowest BCUT2D eigenvalue weighted by Gasteiger charge is -2.11. The van der Waals surface area contributed by atoms with Crippen molar-refractivity contribution in [1.29, 1.82) is 0 Å². The largest absolute Gasteiger partial charge is 0.491 e. The molecule has 0 unspecified atom stereocenters. The lowest BCUT2D eigenvalue weighted by molar-refractivity contribution is 0.126. The second-order valence-electron chi connectivity index (χ2n) is 5.03. The zero-order valence-electron chi connectivity index (χ0n) is 12.3. The van der Waals surface area contributed by atoms with Gasteiger partial charge in [-0.2, -0.15) is 0 Å². The van der Waals surface area contributed by atoms with Crippen LogP contribution in [0.1, 0.15) is 0 Å². The Kier molecular flexibility index (Phi) is 4.65. The number of benzene rings is 2. The number of hydrogen-bond acceptors (Lipinski definition) is 4. The molecule has 2 aromatic carbocycles. The Morgan fingerprint density at radius 1 is 1.14 bits per heavy atom. The van der Waals surface area contributed by atoms with Crippen molar-refractivity contribution in [2.75, 3.05) is 12.4 Å². The fraction of sp³-hybridized carbons (Fsp3) is 0.235. The molecule has 3 rings (SSSR count). The number of nitrogens with zero attached hydrogens (tertiary/aromatic N) is 2. The number of rotatable bonds is 6. The highest BCUT2D eigenvalue weighted by molar-refractivity contribution is 7.99. The molecule has 4 nitrogen and oxygen atoms in total. The molecule has 1 heterocycles. The molecule has 0 aliphatic heterocycles. The number of hydrogen-bond donors (Lipinski definition) is 1. The maximum absolute atomic E-state index is 10.1. The first-order valence-electron chi connectivity index (χ1n) is 7.14. The van der Waals surface area contributed by atoms with Crippen LogP contribution in [-0.2, 0) is 7.05 Å². The van der Waals surface area contributed by atoms with E-state index in [0.717, 1.165) is 21.9 Å². The van der Waals surface area contributed by atoms with Gasteiger partial charge in [-0.3, -0.25) is 0 Å². The number of aromatic nitrogens is 2. The molecule has 0 spiro atoms. The Balaban J connectivity index is 1.56. The molecule has 114 valence electrons. The number of thioether (sulfide) groups is 1. The molecule has 5 heteroatoms. The van der Waals surface area contributed by atoms with Crippen molar-refractivity contribution in [3.8, 4) is 5.75 Å². The monoisotopic (exact) mass is 314 g/mol. The fourth-order valence-corrected chi connectivity index (χ4v) is 3.07. The second kappa shape index (κ2) is 6.85. The fourth-order valence-electron chi connectivity index (χ4n) is 2.18. The average Bonchev–Trinajstić information content (AvgIpc) is 2.88. The van der Waals surface area contributed by atoms with E-state index in [4.69, 9.17) is 4.74 Å². The predicted molar refractivity (Wildman–Crippen MR) is 89.4 cm³/mol. The van der Waals surface area contributed by atoms with Crippen LogP contribution in [0, 0.1) is 0 Å². The van der Waals surface area contributed by atoms with Crippen molar-refractivity contribution < 1.29 is 9.84 Å². The first kappa shape index (κ1) is 14.9. The zero-order valence-corrected chi connectivity index (χ0v) is 13.2. The van der Waals surface area contributed by atoms with Crippen LogP contribution in [0.4, 0.5) is 0 Å². The molecule has 1 aromatic heterocycles. The Morgan fingerprint density at radius 2 is 1.86 bits per heavy atom. The highest BCUT2D eigenvalue weighted by atomic mass is 32.2. The first-order valence-corrected chi connectivity index (χ1v) is 8.13. The highest BCUT2D eigenvalue weighted by Crippen LogP contribution is 2.23. The molecular weight excluding hydrogens is 296 g/mol. The minimum atomic E-state index is -0.537. The summed E-state index contributed by atoms with van der Waals surface area (Å²) in [5.74, 6) is 1.32. The Morgan fingerprint density at radius 3 is 2.64 bits per heavy atom. The molecule has 0 radical (unpaired) electrons. The van der Waals surface area contributed by atoms with Crippen LogP contribution in [0.3, 0.4) is 0 Å². The highest BCUT2D eigenvalue weighted by Gasteiger charge is 2.11. The minimum Gasteiger partial charge on any atom is -0.491 e. The van der Waals surface area contributed by atoms with Gasteiger partial charge in [0, 0.05) is 12.8 Å². The van der Waals surface area contributed by atoms with Crippen molar-refractivity contribution in [3.63, 3.8) is 0 Å². The van der Waals surface area contributed by atoms with Gasteiger partial charge in [-0.15, -0.1) is 0 Å². The summed E-state index contributed by atoms with van der Waals surface area (Å²) in [6, 6.07) is 17.5. The van der Waals surface area contributed by atoms with Gasteiger partial charge in [-0.05, 0) is 24.3 Å². The first-order chi connectivity index (χ1) is 10.7. The van der Waals surface area contributed by atoms with E-state index >= 15 is 0 Å². The Hall–Kier alpha value is -1.98. The molecule has 0 aliphatic carbocycles. The van der Waals surface area contributed by atoms with Crippen LogP contribution >= 0.6 is 11.8 Å². The van der Waals surface area contributed by atoms with E-state index in [1.54, 1.807) is 0 Å². The quantitative estimate of drug-likeness (QED) is 0.710. The zero-order chi connectivity index (χ0) is 15.4. The number of ether oxygens (including phenoxy) is 1. The van der Waals surface area contributed by atoms with Crippen molar-refractivity contribution >= 4 is 22.8 Å². The van der Waals surface area contributed by atoms with E-state index in [-0.39, 0.29) is 6.61 Å². The standard InChI is InChI=1S/C17H18N2O2S/c1-19-16-10-6-5-9-15(16)18-17(19)22-12-13(20)11-21-14-7-3-2-4-8-14/h2-10,13,20H,11-12H2,1H3/t13-/m0/s1. The summed E-state index contributed by atoms with van der Waals surface area (Å²) in [5.41, 5.74) is 2.07. The summed E-state index contributed by atoms with van der Waals surface area (Å²) < 4.78 is 7.60. The summed E-state index contributed by atoms with van der Waals surface area (Å²) in [7, 11) is 1.99. The van der Waals surface area contributed by atoms with Gasteiger partial charge < -0.3 is 14.4 Å². The number of para-hydroxylation sites is 3. The topological polar surface area (TPSA) is 47.3 Å². The molecule has 0 saturated carbocycles. The van der Waals surface area contributed by atoms with Crippen LogP contribution in [0.2, 0.25) is 0 Å². The van der Waals surface area contributed by atoms with Gasteiger partial charge in [-0.1, -0.05) is 42.1 Å². The van der Waals surface area contributed by atoms with Crippen molar-refractivity contribution in [3.05, 3.63) is 54.6 Å². The smallest absolute Gasteiger partial charge is 0.168 e. The third-order valence-corrected chi connectivity index (χ3v) is 4.51. The third kappa shape index (κ3) is 3.43. The van der Waals surface area contributed by atoms with E-state index in [0.29, 0.717) is 5.75 Å². The average molecular weight is 314 g/mol. The maximum Gasteiger partial charge on any atom is 0.168 e. The molecule has 1 N–H and O–H groups in total. The van der Waals surface area contributed by atoms with Gasteiger partial charge in [0.2, 0.25) is 0 Å². The third-order valence-electron chi connectivity index (χ3n) is 3.34. The van der Waals surface area contributed by atoms with E-state index in [2.05, 4.69) is 4.98 Å². The van der Waals surface area contributed by atoms with Gasteiger partial charge in [0.05, 0.1) is 17.1 Å². The summed E-state index contributed by atoms with van der Waals surface area (Å²) in [4.78, 5) is 4.58. The lowest BCUT2D eigenvalue weighted by atomic mass is 10.3.